The summed E-state index contributed by atoms with van der Waals surface area (Å²) in [4.78, 5) is 0. The molecule has 0 spiro atoms. The van der Waals surface area contributed by atoms with Crippen LogP contribution in [0.1, 0.15) is 18.4 Å². The molecule has 76 valence electrons. The van der Waals surface area contributed by atoms with E-state index < -0.39 is 0 Å². The van der Waals surface area contributed by atoms with Gasteiger partial charge in [-0.3, -0.25) is 0 Å². The molecule has 1 aliphatic rings. The van der Waals surface area contributed by atoms with Crippen LogP contribution in [0.15, 0.2) is 22.7 Å². The lowest BCUT2D eigenvalue weighted by Crippen LogP contribution is -2.18. The molecular weight excluding hydrogens is 245 g/mol. The van der Waals surface area contributed by atoms with Gasteiger partial charge < -0.3 is 5.73 Å². The van der Waals surface area contributed by atoms with E-state index in [2.05, 4.69) is 15.9 Å². The highest BCUT2D eigenvalue weighted by Crippen LogP contribution is 2.48. The van der Waals surface area contributed by atoms with Crippen LogP contribution >= 0.6 is 15.9 Å². The zero-order valence-corrected chi connectivity index (χ0v) is 9.48. The summed E-state index contributed by atoms with van der Waals surface area (Å²) in [5.41, 5.74) is 6.64. The van der Waals surface area contributed by atoms with Crippen LogP contribution < -0.4 is 5.73 Å². The molecule has 3 heteroatoms. The molecule has 0 aromatic heterocycles. The summed E-state index contributed by atoms with van der Waals surface area (Å²) in [6, 6.07) is 5.10. The summed E-state index contributed by atoms with van der Waals surface area (Å²) in [6.45, 7) is 0.660. The van der Waals surface area contributed by atoms with E-state index in [-0.39, 0.29) is 11.2 Å². The molecule has 2 N–H and O–H groups in total. The van der Waals surface area contributed by atoms with E-state index in [4.69, 9.17) is 5.73 Å². The summed E-state index contributed by atoms with van der Waals surface area (Å²) >= 11 is 3.38. The van der Waals surface area contributed by atoms with E-state index in [0.717, 1.165) is 29.3 Å². The van der Waals surface area contributed by atoms with Gasteiger partial charge in [-0.1, -0.05) is 22.0 Å². The normalized spacial score (nSPS) is 18.2. The highest BCUT2D eigenvalue weighted by molar-refractivity contribution is 9.10. The van der Waals surface area contributed by atoms with Gasteiger partial charge in [0.1, 0.15) is 5.82 Å². The molecule has 1 aliphatic carbocycles. The average Bonchev–Trinajstić information content (AvgIpc) is 2.93. The number of hydrogen-bond acceptors (Lipinski definition) is 1. The van der Waals surface area contributed by atoms with Crippen molar-refractivity contribution in [2.45, 2.75) is 19.3 Å². The quantitative estimate of drug-likeness (QED) is 0.886. The second kappa shape index (κ2) is 3.63. The molecule has 2 rings (SSSR count). The zero-order valence-electron chi connectivity index (χ0n) is 7.89. The van der Waals surface area contributed by atoms with Crippen molar-refractivity contribution in [3.63, 3.8) is 0 Å². The van der Waals surface area contributed by atoms with Crippen LogP contribution in [-0.2, 0) is 6.42 Å². The van der Waals surface area contributed by atoms with Crippen LogP contribution in [0.2, 0.25) is 0 Å². The fourth-order valence-electron chi connectivity index (χ4n) is 1.71. The largest absolute Gasteiger partial charge is 0.330 e. The summed E-state index contributed by atoms with van der Waals surface area (Å²) in [5.74, 6) is -0.126. The lowest BCUT2D eigenvalue weighted by molar-refractivity contribution is 0.498. The van der Waals surface area contributed by atoms with Gasteiger partial charge in [0.25, 0.3) is 0 Å². The Bertz CT molecular complexity index is 327. The number of hydrogen-bond donors (Lipinski definition) is 1. The fraction of sp³-hybridized carbons (Fsp3) is 0.455. The van der Waals surface area contributed by atoms with Crippen molar-refractivity contribution >= 4 is 15.9 Å². The monoisotopic (exact) mass is 257 g/mol. The SMILES string of the molecule is NCC1(Cc2c(F)cccc2Br)CC1. The van der Waals surface area contributed by atoms with Gasteiger partial charge in [-0.25, -0.2) is 4.39 Å². The summed E-state index contributed by atoms with van der Waals surface area (Å²) < 4.78 is 14.3. The third-order valence-electron chi connectivity index (χ3n) is 3.00. The molecule has 1 saturated carbocycles. The van der Waals surface area contributed by atoms with Crippen molar-refractivity contribution in [2.24, 2.45) is 11.1 Å². The van der Waals surface area contributed by atoms with Crippen LogP contribution in [0.4, 0.5) is 4.39 Å². The summed E-state index contributed by atoms with van der Waals surface area (Å²) in [6.07, 6.45) is 3.02. The Kier molecular flexibility index (Phi) is 2.62. The number of halogens is 2. The van der Waals surface area contributed by atoms with Gasteiger partial charge in [-0.15, -0.1) is 0 Å². The van der Waals surface area contributed by atoms with E-state index in [1.165, 1.54) is 6.07 Å². The molecular formula is C11H13BrFN. The summed E-state index contributed by atoms with van der Waals surface area (Å²) in [7, 11) is 0. The molecule has 1 aromatic carbocycles. The lowest BCUT2D eigenvalue weighted by Gasteiger charge is -2.13. The molecule has 14 heavy (non-hydrogen) atoms. The Morgan fingerprint density at radius 3 is 2.64 bits per heavy atom. The fourth-order valence-corrected chi connectivity index (χ4v) is 2.19. The van der Waals surface area contributed by atoms with Gasteiger partial charge >= 0.3 is 0 Å². The van der Waals surface area contributed by atoms with Gasteiger partial charge in [0.15, 0.2) is 0 Å². The Labute approximate surface area is 91.6 Å². The van der Waals surface area contributed by atoms with Gasteiger partial charge in [0.05, 0.1) is 0 Å². The molecule has 0 unspecified atom stereocenters. The maximum atomic E-state index is 13.5. The molecule has 1 fully saturated rings. The highest BCUT2D eigenvalue weighted by Gasteiger charge is 2.41. The molecule has 0 amide bonds. The molecule has 0 atom stereocenters. The molecule has 0 aliphatic heterocycles. The van der Waals surface area contributed by atoms with Gasteiger partial charge in [0.2, 0.25) is 0 Å². The summed E-state index contributed by atoms with van der Waals surface area (Å²) in [5, 5.41) is 0. The maximum Gasteiger partial charge on any atom is 0.127 e. The molecule has 1 aromatic rings. The minimum absolute atomic E-state index is 0.126. The van der Waals surface area contributed by atoms with Crippen LogP contribution in [0.5, 0.6) is 0 Å². The molecule has 0 heterocycles. The van der Waals surface area contributed by atoms with Crippen molar-refractivity contribution in [2.75, 3.05) is 6.54 Å². The number of rotatable bonds is 3. The molecule has 0 saturated heterocycles. The number of nitrogens with two attached hydrogens (primary N) is 1. The standard InChI is InChI=1S/C11H13BrFN/c12-9-2-1-3-10(13)8(9)6-11(7-14)4-5-11/h1-3H,4-7,14H2. The van der Waals surface area contributed by atoms with Crippen LogP contribution in [-0.4, -0.2) is 6.54 Å². The van der Waals surface area contributed by atoms with E-state index >= 15 is 0 Å². The second-order valence-electron chi connectivity index (χ2n) is 4.08. The van der Waals surface area contributed by atoms with Gasteiger partial charge in [-0.05, 0) is 43.4 Å². The Morgan fingerprint density at radius 1 is 1.43 bits per heavy atom. The van der Waals surface area contributed by atoms with E-state index in [1.807, 2.05) is 6.07 Å². The first-order chi connectivity index (χ1) is 6.67. The highest BCUT2D eigenvalue weighted by atomic mass is 79.9. The molecule has 1 nitrogen and oxygen atoms in total. The van der Waals surface area contributed by atoms with Crippen molar-refractivity contribution in [3.8, 4) is 0 Å². The molecule has 0 bridgehead atoms. The smallest absolute Gasteiger partial charge is 0.127 e. The van der Waals surface area contributed by atoms with Crippen molar-refractivity contribution in [3.05, 3.63) is 34.1 Å². The van der Waals surface area contributed by atoms with E-state index in [1.54, 1.807) is 6.07 Å². The third-order valence-corrected chi connectivity index (χ3v) is 3.75. The van der Waals surface area contributed by atoms with Crippen molar-refractivity contribution in [1.82, 2.24) is 0 Å². The zero-order chi connectivity index (χ0) is 10.2. The van der Waals surface area contributed by atoms with Crippen LogP contribution in [0.25, 0.3) is 0 Å². The maximum absolute atomic E-state index is 13.5. The van der Waals surface area contributed by atoms with Crippen molar-refractivity contribution in [1.29, 1.82) is 0 Å². The van der Waals surface area contributed by atoms with Gasteiger partial charge in [-0.2, -0.15) is 0 Å². The Balaban J connectivity index is 2.24. The third kappa shape index (κ3) is 1.84. The first-order valence-corrected chi connectivity index (χ1v) is 5.59. The van der Waals surface area contributed by atoms with Crippen LogP contribution in [0.3, 0.4) is 0 Å². The minimum Gasteiger partial charge on any atom is -0.330 e. The lowest BCUT2D eigenvalue weighted by atomic mass is 9.96. The average molecular weight is 258 g/mol. The first kappa shape index (κ1) is 10.1. The molecule has 0 radical (unpaired) electrons. The Morgan fingerprint density at radius 2 is 2.14 bits per heavy atom. The Hall–Kier alpha value is -0.410. The minimum atomic E-state index is -0.126. The topological polar surface area (TPSA) is 26.0 Å². The second-order valence-corrected chi connectivity index (χ2v) is 4.94. The van der Waals surface area contributed by atoms with Crippen molar-refractivity contribution < 1.29 is 4.39 Å². The van der Waals surface area contributed by atoms with Gasteiger partial charge in [0, 0.05) is 10.0 Å². The van der Waals surface area contributed by atoms with E-state index in [9.17, 15) is 4.39 Å². The number of benzene rings is 1. The van der Waals surface area contributed by atoms with E-state index in [0.29, 0.717) is 6.54 Å². The van der Waals surface area contributed by atoms with Crippen LogP contribution in [0, 0.1) is 11.2 Å². The predicted octanol–water partition coefficient (Wildman–Crippen LogP) is 2.87. The first-order valence-electron chi connectivity index (χ1n) is 4.80. The predicted molar refractivity (Wildman–Crippen MR) is 58.5 cm³/mol.